The number of H-pyrrole nitrogens is 2. The Morgan fingerprint density at radius 2 is 1.71 bits per heavy atom. The van der Waals surface area contributed by atoms with E-state index in [1.165, 1.54) is 18.2 Å². The molecule has 0 aliphatic carbocycles. The Balaban J connectivity index is 1.78. The van der Waals surface area contributed by atoms with Crippen LogP contribution in [0, 0.1) is 5.82 Å². The number of nitrogens with one attached hydrogen (secondary N) is 3. The molecule has 3 aromatic rings. The molecule has 2 aromatic carbocycles. The van der Waals surface area contributed by atoms with Gasteiger partial charge in [-0.05, 0) is 36.2 Å². The Morgan fingerprint density at radius 1 is 1.00 bits per heavy atom. The van der Waals surface area contributed by atoms with E-state index in [0.29, 0.717) is 6.42 Å². The second-order valence-corrected chi connectivity index (χ2v) is 5.31. The molecular formula is C17H14FN3O3. The van der Waals surface area contributed by atoms with E-state index in [-0.39, 0.29) is 34.6 Å². The highest BCUT2D eigenvalue weighted by atomic mass is 19.1. The van der Waals surface area contributed by atoms with Crippen molar-refractivity contribution in [3.63, 3.8) is 0 Å². The van der Waals surface area contributed by atoms with Gasteiger partial charge in [0.25, 0.3) is 11.1 Å². The lowest BCUT2D eigenvalue weighted by molar-refractivity contribution is -0.116. The smallest absolute Gasteiger partial charge is 0.272 e. The first-order chi connectivity index (χ1) is 11.5. The molecule has 1 amide bonds. The van der Waals surface area contributed by atoms with E-state index >= 15 is 0 Å². The number of rotatable bonds is 4. The van der Waals surface area contributed by atoms with Gasteiger partial charge in [0, 0.05) is 6.42 Å². The first kappa shape index (κ1) is 15.7. The van der Waals surface area contributed by atoms with Gasteiger partial charge in [0.15, 0.2) is 0 Å². The molecule has 0 spiro atoms. The Hall–Kier alpha value is -3.22. The molecule has 3 rings (SSSR count). The highest BCUT2D eigenvalue weighted by Crippen LogP contribution is 2.17. The SMILES string of the molecule is O=C(CCc1ccc(F)cc1)Nc1cccc2c(=O)[nH][nH]c(=O)c12. The summed E-state index contributed by atoms with van der Waals surface area (Å²) >= 11 is 0. The summed E-state index contributed by atoms with van der Waals surface area (Å²) in [5.74, 6) is -0.630. The number of hydrogen-bond acceptors (Lipinski definition) is 3. The fourth-order valence-corrected chi connectivity index (χ4v) is 2.46. The molecule has 0 radical (unpaired) electrons. The van der Waals surface area contributed by atoms with Crippen molar-refractivity contribution in [2.24, 2.45) is 0 Å². The van der Waals surface area contributed by atoms with Crippen LogP contribution in [0.1, 0.15) is 12.0 Å². The number of carbonyl (C=O) groups excluding carboxylic acids is 1. The van der Waals surface area contributed by atoms with E-state index in [4.69, 9.17) is 0 Å². The van der Waals surface area contributed by atoms with Gasteiger partial charge in [0.1, 0.15) is 5.82 Å². The molecule has 0 aliphatic rings. The molecule has 0 fully saturated rings. The minimum Gasteiger partial charge on any atom is -0.325 e. The minimum absolute atomic E-state index is 0.136. The molecule has 3 N–H and O–H groups in total. The number of fused-ring (bicyclic) bond motifs is 1. The van der Waals surface area contributed by atoms with Crippen molar-refractivity contribution in [1.29, 1.82) is 0 Å². The average Bonchev–Trinajstić information content (AvgIpc) is 2.58. The van der Waals surface area contributed by atoms with Gasteiger partial charge in [-0.15, -0.1) is 0 Å². The second-order valence-electron chi connectivity index (χ2n) is 5.31. The lowest BCUT2D eigenvalue weighted by Gasteiger charge is -2.08. The zero-order valence-corrected chi connectivity index (χ0v) is 12.6. The summed E-state index contributed by atoms with van der Waals surface area (Å²) in [6.45, 7) is 0. The van der Waals surface area contributed by atoms with Gasteiger partial charge in [-0.1, -0.05) is 18.2 Å². The van der Waals surface area contributed by atoms with Crippen LogP contribution in [-0.2, 0) is 11.2 Å². The van der Waals surface area contributed by atoms with E-state index in [9.17, 15) is 18.8 Å². The summed E-state index contributed by atoms with van der Waals surface area (Å²) < 4.78 is 12.9. The zero-order chi connectivity index (χ0) is 17.1. The molecular weight excluding hydrogens is 313 g/mol. The molecule has 122 valence electrons. The number of halogens is 1. The third kappa shape index (κ3) is 3.24. The van der Waals surface area contributed by atoms with Crippen LogP contribution in [0.15, 0.2) is 52.1 Å². The summed E-state index contributed by atoms with van der Waals surface area (Å²) in [4.78, 5) is 35.8. The van der Waals surface area contributed by atoms with Crippen molar-refractivity contribution in [2.45, 2.75) is 12.8 Å². The van der Waals surface area contributed by atoms with Gasteiger partial charge in [-0.3, -0.25) is 24.6 Å². The maximum absolute atomic E-state index is 12.9. The Bertz CT molecular complexity index is 1010. The molecule has 0 unspecified atom stereocenters. The molecule has 1 heterocycles. The van der Waals surface area contributed by atoms with Gasteiger partial charge in [0.2, 0.25) is 5.91 Å². The fourth-order valence-electron chi connectivity index (χ4n) is 2.46. The minimum atomic E-state index is -0.487. The number of aryl methyl sites for hydroxylation is 1. The predicted molar refractivity (Wildman–Crippen MR) is 88.5 cm³/mol. The average molecular weight is 327 g/mol. The summed E-state index contributed by atoms with van der Waals surface area (Å²) in [7, 11) is 0. The fraction of sp³-hybridized carbons (Fsp3) is 0.118. The number of amides is 1. The Kier molecular flexibility index (Phi) is 4.24. The number of anilines is 1. The quantitative estimate of drug-likeness (QED) is 0.683. The van der Waals surface area contributed by atoms with Crippen LogP contribution in [0.4, 0.5) is 10.1 Å². The van der Waals surface area contributed by atoms with Crippen LogP contribution in [-0.4, -0.2) is 16.1 Å². The first-order valence-corrected chi connectivity index (χ1v) is 7.32. The van der Waals surface area contributed by atoms with Gasteiger partial charge in [-0.25, -0.2) is 4.39 Å². The van der Waals surface area contributed by atoms with Crippen molar-refractivity contribution >= 4 is 22.4 Å². The molecule has 24 heavy (non-hydrogen) atoms. The molecule has 0 saturated carbocycles. The van der Waals surface area contributed by atoms with Crippen LogP contribution in [0.2, 0.25) is 0 Å². The highest BCUT2D eigenvalue weighted by Gasteiger charge is 2.11. The molecule has 0 bridgehead atoms. The van der Waals surface area contributed by atoms with E-state index in [2.05, 4.69) is 15.5 Å². The highest BCUT2D eigenvalue weighted by molar-refractivity contribution is 6.01. The molecule has 0 aliphatic heterocycles. The van der Waals surface area contributed by atoms with E-state index < -0.39 is 11.1 Å². The summed E-state index contributed by atoms with van der Waals surface area (Å²) in [6.07, 6.45) is 0.608. The van der Waals surface area contributed by atoms with E-state index in [0.717, 1.165) is 5.56 Å². The number of hydrogen-bond donors (Lipinski definition) is 3. The number of aromatic nitrogens is 2. The third-order valence-corrected chi connectivity index (χ3v) is 3.65. The van der Waals surface area contributed by atoms with Crippen LogP contribution in [0.25, 0.3) is 10.8 Å². The largest absolute Gasteiger partial charge is 0.325 e. The maximum atomic E-state index is 12.9. The van der Waals surface area contributed by atoms with Crippen molar-refractivity contribution in [1.82, 2.24) is 10.2 Å². The molecule has 6 nitrogen and oxygen atoms in total. The molecule has 0 atom stereocenters. The lowest BCUT2D eigenvalue weighted by Crippen LogP contribution is -2.21. The molecule has 0 saturated heterocycles. The number of aromatic amines is 2. The predicted octanol–water partition coefficient (Wildman–Crippen LogP) is 1.93. The summed E-state index contributed by atoms with van der Waals surface area (Å²) in [5, 5.41) is 7.47. The van der Waals surface area contributed by atoms with Crippen molar-refractivity contribution in [3.05, 3.63) is 74.6 Å². The molecule has 1 aromatic heterocycles. The van der Waals surface area contributed by atoms with Gasteiger partial charge < -0.3 is 5.32 Å². The number of benzene rings is 2. The zero-order valence-electron chi connectivity index (χ0n) is 12.6. The lowest BCUT2D eigenvalue weighted by atomic mass is 10.1. The standard InChI is InChI=1S/C17H14FN3O3/c18-11-7-4-10(5-8-11)6-9-14(22)19-13-3-1-2-12-15(13)17(24)21-20-16(12)23/h1-5,7-8H,6,9H2,(H,19,22)(H,20,23)(H,21,24). The topological polar surface area (TPSA) is 94.8 Å². The van der Waals surface area contributed by atoms with E-state index in [1.54, 1.807) is 24.3 Å². The van der Waals surface area contributed by atoms with Crippen molar-refractivity contribution in [3.8, 4) is 0 Å². The Labute approximate surface area is 135 Å². The monoisotopic (exact) mass is 327 g/mol. The summed E-state index contributed by atoms with van der Waals surface area (Å²) in [5.41, 5.74) is 0.189. The van der Waals surface area contributed by atoms with Gasteiger partial charge in [-0.2, -0.15) is 0 Å². The van der Waals surface area contributed by atoms with Crippen LogP contribution < -0.4 is 16.4 Å². The van der Waals surface area contributed by atoms with E-state index in [1.807, 2.05) is 0 Å². The van der Waals surface area contributed by atoms with Crippen LogP contribution in [0.3, 0.4) is 0 Å². The van der Waals surface area contributed by atoms with Crippen molar-refractivity contribution < 1.29 is 9.18 Å². The van der Waals surface area contributed by atoms with Crippen LogP contribution >= 0.6 is 0 Å². The van der Waals surface area contributed by atoms with Crippen LogP contribution in [0.5, 0.6) is 0 Å². The Morgan fingerprint density at radius 3 is 2.46 bits per heavy atom. The first-order valence-electron chi connectivity index (χ1n) is 7.32. The second kappa shape index (κ2) is 6.49. The van der Waals surface area contributed by atoms with Gasteiger partial charge >= 0.3 is 0 Å². The third-order valence-electron chi connectivity index (χ3n) is 3.65. The van der Waals surface area contributed by atoms with Crippen molar-refractivity contribution in [2.75, 3.05) is 5.32 Å². The number of carbonyl (C=O) groups is 1. The maximum Gasteiger partial charge on any atom is 0.272 e. The normalized spacial score (nSPS) is 10.7. The van der Waals surface area contributed by atoms with Gasteiger partial charge in [0.05, 0.1) is 16.5 Å². The summed E-state index contributed by atoms with van der Waals surface area (Å²) in [6, 6.07) is 10.6. The molecule has 7 heteroatoms.